The van der Waals surface area contributed by atoms with E-state index in [0.717, 1.165) is 9.13 Å². The average Bonchev–Trinajstić information content (AvgIpc) is 2.71. The van der Waals surface area contributed by atoms with Crippen molar-refractivity contribution in [3.05, 3.63) is 62.7 Å². The molecule has 1 amide bonds. The van der Waals surface area contributed by atoms with Crippen molar-refractivity contribution < 1.29 is 18.5 Å². The molecule has 0 fully saturated rings. The number of carbonyl (C=O) groups is 2. The van der Waals surface area contributed by atoms with Gasteiger partial charge in [0.25, 0.3) is 5.91 Å². The van der Waals surface area contributed by atoms with Crippen molar-refractivity contribution in [1.29, 1.82) is 0 Å². The molecular formula is C21H25IN2O4S. The van der Waals surface area contributed by atoms with E-state index in [9.17, 15) is 13.8 Å². The molecule has 1 aliphatic heterocycles. The summed E-state index contributed by atoms with van der Waals surface area (Å²) in [6.07, 6.45) is -0.191. The highest BCUT2D eigenvalue weighted by Gasteiger charge is 2.34. The van der Waals surface area contributed by atoms with Crippen LogP contribution in [0.1, 0.15) is 54.0 Å². The second-order valence-corrected chi connectivity index (χ2v) is 9.08. The number of ether oxygens (including phenoxy) is 1. The van der Waals surface area contributed by atoms with Gasteiger partial charge < -0.3 is 4.74 Å². The average molecular weight is 528 g/mol. The smallest absolute Gasteiger partial charge is 0.338 e. The Balaban J connectivity index is 0.00000145. The molecule has 1 heterocycles. The molecule has 8 heteroatoms. The van der Waals surface area contributed by atoms with Gasteiger partial charge in [0.2, 0.25) is 11.2 Å². The first-order valence-electron chi connectivity index (χ1n) is 9.35. The summed E-state index contributed by atoms with van der Waals surface area (Å²) in [6, 6.07) is 12.3. The molecule has 0 radical (unpaired) electrons. The van der Waals surface area contributed by atoms with Gasteiger partial charge in [-0.2, -0.15) is 0 Å². The molecule has 156 valence electrons. The second kappa shape index (κ2) is 10.2. The summed E-state index contributed by atoms with van der Waals surface area (Å²) in [4.78, 5) is 24.8. The van der Waals surface area contributed by atoms with Crippen LogP contribution < -0.4 is 4.31 Å². The van der Waals surface area contributed by atoms with Crippen LogP contribution >= 0.6 is 22.6 Å². The summed E-state index contributed by atoms with van der Waals surface area (Å²) in [6.45, 7) is 7.76. The van der Waals surface area contributed by atoms with Crippen LogP contribution in [0, 0.1) is 3.57 Å². The Hall–Kier alpha value is -1.94. The molecule has 0 spiro atoms. The lowest BCUT2D eigenvalue weighted by Gasteiger charge is -2.33. The van der Waals surface area contributed by atoms with E-state index in [4.69, 9.17) is 4.74 Å². The molecule has 1 atom stereocenters. The first-order chi connectivity index (χ1) is 13.8. The minimum atomic E-state index is -1.62. The number of halogens is 1. The molecule has 3 rings (SSSR count). The van der Waals surface area contributed by atoms with E-state index >= 15 is 0 Å². The van der Waals surface area contributed by atoms with E-state index in [1.54, 1.807) is 61.6 Å². The molecule has 0 aromatic heterocycles. The SMILES string of the molecule is CC.CC(C)OC(=O)c1ccc(CN2C(=O)c3cc(I)ccc3N(C)S2=O)cc1. The van der Waals surface area contributed by atoms with Gasteiger partial charge in [-0.05, 0) is 72.3 Å². The summed E-state index contributed by atoms with van der Waals surface area (Å²) in [7, 11) is 1.70. The highest BCUT2D eigenvalue weighted by atomic mass is 127. The van der Waals surface area contributed by atoms with Crippen LogP contribution in [-0.4, -0.2) is 33.5 Å². The Kier molecular flexibility index (Phi) is 8.21. The molecule has 0 aliphatic carbocycles. The van der Waals surface area contributed by atoms with Crippen molar-refractivity contribution in [1.82, 2.24) is 4.31 Å². The highest BCUT2D eigenvalue weighted by molar-refractivity contribution is 14.1. The molecule has 0 bridgehead atoms. The van der Waals surface area contributed by atoms with E-state index in [0.29, 0.717) is 16.8 Å². The zero-order valence-electron chi connectivity index (χ0n) is 17.1. The van der Waals surface area contributed by atoms with Gasteiger partial charge in [-0.3, -0.25) is 9.10 Å². The molecule has 0 saturated heterocycles. The Labute approximate surface area is 188 Å². The van der Waals surface area contributed by atoms with Gasteiger partial charge >= 0.3 is 5.97 Å². The fourth-order valence-electron chi connectivity index (χ4n) is 2.71. The van der Waals surface area contributed by atoms with E-state index in [1.165, 1.54) is 4.31 Å². The third-order valence-corrected chi connectivity index (χ3v) is 6.04. The number of esters is 1. The number of nitrogens with zero attached hydrogens (tertiary/aromatic N) is 2. The third kappa shape index (κ3) is 5.36. The minimum Gasteiger partial charge on any atom is -0.459 e. The molecule has 1 aliphatic rings. The van der Waals surface area contributed by atoms with Gasteiger partial charge in [-0.25, -0.2) is 13.3 Å². The molecular weight excluding hydrogens is 503 g/mol. The number of carbonyl (C=O) groups excluding carboxylic acids is 2. The van der Waals surface area contributed by atoms with Crippen molar-refractivity contribution in [3.63, 3.8) is 0 Å². The van der Waals surface area contributed by atoms with Gasteiger partial charge in [0, 0.05) is 10.6 Å². The lowest BCUT2D eigenvalue weighted by Crippen LogP contribution is -2.45. The highest BCUT2D eigenvalue weighted by Crippen LogP contribution is 2.31. The quantitative estimate of drug-likeness (QED) is 0.432. The van der Waals surface area contributed by atoms with Gasteiger partial charge in [-0.15, -0.1) is 0 Å². The van der Waals surface area contributed by atoms with Crippen LogP contribution in [-0.2, 0) is 22.5 Å². The fourth-order valence-corrected chi connectivity index (χ4v) is 4.33. The minimum absolute atomic E-state index is 0.181. The lowest BCUT2D eigenvalue weighted by molar-refractivity contribution is 0.0377. The Morgan fingerprint density at radius 3 is 2.34 bits per heavy atom. The monoisotopic (exact) mass is 528 g/mol. The van der Waals surface area contributed by atoms with E-state index in [2.05, 4.69) is 22.6 Å². The van der Waals surface area contributed by atoms with Crippen molar-refractivity contribution in [2.45, 2.75) is 40.3 Å². The van der Waals surface area contributed by atoms with Gasteiger partial charge in [0.15, 0.2) is 0 Å². The number of hydrogen-bond acceptors (Lipinski definition) is 4. The molecule has 6 nitrogen and oxygen atoms in total. The number of amides is 1. The summed E-state index contributed by atoms with van der Waals surface area (Å²) < 4.78 is 21.8. The maximum Gasteiger partial charge on any atom is 0.338 e. The Morgan fingerprint density at radius 1 is 1.14 bits per heavy atom. The van der Waals surface area contributed by atoms with Crippen molar-refractivity contribution >= 4 is 51.3 Å². The van der Waals surface area contributed by atoms with Crippen molar-refractivity contribution in [3.8, 4) is 0 Å². The fraction of sp³-hybridized carbons (Fsp3) is 0.333. The number of rotatable bonds is 4. The second-order valence-electron chi connectivity index (χ2n) is 6.38. The van der Waals surface area contributed by atoms with E-state index in [1.807, 2.05) is 19.9 Å². The molecule has 0 saturated carbocycles. The van der Waals surface area contributed by atoms with Crippen molar-refractivity contribution in [2.24, 2.45) is 0 Å². The van der Waals surface area contributed by atoms with Crippen LogP contribution in [0.5, 0.6) is 0 Å². The zero-order chi connectivity index (χ0) is 21.7. The Bertz CT molecular complexity index is 915. The summed E-state index contributed by atoms with van der Waals surface area (Å²) in [5.74, 6) is -0.666. The molecule has 0 N–H and O–H groups in total. The third-order valence-electron chi connectivity index (χ3n) is 4.04. The predicted octanol–water partition coefficient (Wildman–Crippen LogP) is 4.55. The van der Waals surface area contributed by atoms with Crippen LogP contribution in [0.2, 0.25) is 0 Å². The van der Waals surface area contributed by atoms with Crippen LogP contribution in [0.15, 0.2) is 42.5 Å². The number of anilines is 1. The summed E-state index contributed by atoms with van der Waals surface area (Å²) >= 11 is 0.528. The zero-order valence-corrected chi connectivity index (χ0v) is 20.1. The lowest BCUT2D eigenvalue weighted by atomic mass is 10.1. The molecule has 2 aromatic carbocycles. The first-order valence-corrected chi connectivity index (χ1v) is 11.5. The predicted molar refractivity (Wildman–Crippen MR) is 124 cm³/mol. The molecule has 2 aromatic rings. The van der Waals surface area contributed by atoms with Crippen LogP contribution in [0.3, 0.4) is 0 Å². The van der Waals surface area contributed by atoms with Crippen LogP contribution in [0.4, 0.5) is 5.69 Å². The number of benzene rings is 2. The van der Waals surface area contributed by atoms with Gasteiger partial charge in [0.1, 0.15) is 0 Å². The van der Waals surface area contributed by atoms with Gasteiger partial charge in [0.05, 0.1) is 29.5 Å². The number of hydrogen-bond donors (Lipinski definition) is 0. The van der Waals surface area contributed by atoms with Crippen LogP contribution in [0.25, 0.3) is 0 Å². The van der Waals surface area contributed by atoms with E-state index in [-0.39, 0.29) is 18.6 Å². The first kappa shape index (κ1) is 23.3. The maximum absolute atomic E-state index is 12.9. The standard InChI is InChI=1S/C19H19IN2O4S.C2H6/c1-12(2)26-19(24)14-6-4-13(5-7-14)11-22-18(23)16-10-15(20)8-9-17(16)21(3)27(22)25;1-2/h4-10,12H,11H2,1-3H3;1-2H3. The summed E-state index contributed by atoms with van der Waals surface area (Å²) in [5.41, 5.74) is 2.40. The van der Waals surface area contributed by atoms with E-state index < -0.39 is 17.1 Å². The molecule has 29 heavy (non-hydrogen) atoms. The maximum atomic E-state index is 12.9. The number of fused-ring (bicyclic) bond motifs is 1. The van der Waals surface area contributed by atoms with Crippen molar-refractivity contribution in [2.75, 3.05) is 11.4 Å². The normalized spacial score (nSPS) is 15.6. The van der Waals surface area contributed by atoms with Gasteiger partial charge in [-0.1, -0.05) is 26.0 Å². The largest absolute Gasteiger partial charge is 0.459 e. The Morgan fingerprint density at radius 2 is 1.76 bits per heavy atom. The summed E-state index contributed by atoms with van der Waals surface area (Å²) in [5, 5.41) is 0. The topological polar surface area (TPSA) is 66.9 Å². The molecule has 1 unspecified atom stereocenters.